The molecule has 1 rings (SSSR count). The maximum absolute atomic E-state index is 8.99. The maximum atomic E-state index is 8.99. The third-order valence-electron chi connectivity index (χ3n) is 1.42. The van der Waals surface area contributed by atoms with Gasteiger partial charge in [-0.1, -0.05) is 0 Å². The molecule has 1 N–H and O–H groups in total. The first-order valence-electron chi connectivity index (χ1n) is 3.55. The highest BCUT2D eigenvalue weighted by molar-refractivity contribution is 9.10. The van der Waals surface area contributed by atoms with Crippen molar-refractivity contribution in [1.29, 1.82) is 0 Å². The Labute approximate surface area is 74.2 Å². The summed E-state index contributed by atoms with van der Waals surface area (Å²) in [6.45, 7) is 2.53. The van der Waals surface area contributed by atoms with Gasteiger partial charge in [0.1, 0.15) is 4.60 Å². The topological polar surface area (TPSA) is 38.0 Å². The molecule has 0 aliphatic heterocycles. The van der Waals surface area contributed by atoms with Crippen LogP contribution >= 0.6 is 15.9 Å². The van der Waals surface area contributed by atoms with E-state index in [1.807, 2.05) is 10.7 Å². The Hall–Kier alpha value is -0.350. The zero-order chi connectivity index (χ0) is 8.27. The molecule has 0 aliphatic carbocycles. The molecular formula is C7H11BrN2O. The van der Waals surface area contributed by atoms with Crippen molar-refractivity contribution in [2.75, 3.05) is 0 Å². The van der Waals surface area contributed by atoms with Gasteiger partial charge in [0.15, 0.2) is 0 Å². The molecule has 62 valence electrons. The molecule has 1 heterocycles. The van der Waals surface area contributed by atoms with Crippen molar-refractivity contribution in [3.63, 3.8) is 0 Å². The Morgan fingerprint density at radius 3 is 3.00 bits per heavy atom. The van der Waals surface area contributed by atoms with E-state index in [-0.39, 0.29) is 6.10 Å². The quantitative estimate of drug-likeness (QED) is 0.834. The van der Waals surface area contributed by atoms with E-state index in [1.54, 1.807) is 13.1 Å². The summed E-state index contributed by atoms with van der Waals surface area (Å²) in [4.78, 5) is 0. The van der Waals surface area contributed by atoms with Crippen LogP contribution in [0.15, 0.2) is 16.9 Å². The van der Waals surface area contributed by atoms with E-state index in [1.165, 1.54) is 0 Å². The van der Waals surface area contributed by atoms with Crippen LogP contribution in [-0.2, 0) is 6.54 Å². The van der Waals surface area contributed by atoms with Crippen LogP contribution in [-0.4, -0.2) is 21.0 Å². The number of hydrogen-bond donors (Lipinski definition) is 1. The van der Waals surface area contributed by atoms with Crippen LogP contribution in [0.2, 0.25) is 0 Å². The third kappa shape index (κ3) is 2.63. The zero-order valence-electron chi connectivity index (χ0n) is 6.37. The number of halogens is 1. The van der Waals surface area contributed by atoms with Crippen LogP contribution in [0.5, 0.6) is 0 Å². The van der Waals surface area contributed by atoms with Crippen LogP contribution in [0.1, 0.15) is 13.3 Å². The van der Waals surface area contributed by atoms with Crippen molar-refractivity contribution in [3.8, 4) is 0 Å². The first-order valence-corrected chi connectivity index (χ1v) is 4.35. The molecule has 1 atom stereocenters. The Morgan fingerprint density at radius 1 is 1.82 bits per heavy atom. The molecule has 0 bridgehead atoms. The van der Waals surface area contributed by atoms with Crippen LogP contribution < -0.4 is 0 Å². The van der Waals surface area contributed by atoms with Gasteiger partial charge >= 0.3 is 0 Å². The Morgan fingerprint density at radius 2 is 2.55 bits per heavy atom. The summed E-state index contributed by atoms with van der Waals surface area (Å²) in [5, 5.41) is 13.0. The molecule has 1 aromatic heterocycles. The van der Waals surface area contributed by atoms with Crippen LogP contribution in [0.25, 0.3) is 0 Å². The standard InChI is InChI=1S/C7H11BrN2O/c1-6(11)3-5-10-7(8)2-4-9-10/h2,4,6,11H,3,5H2,1H3. The van der Waals surface area contributed by atoms with Crippen molar-refractivity contribution in [2.45, 2.75) is 26.0 Å². The van der Waals surface area contributed by atoms with E-state index in [0.717, 1.165) is 17.6 Å². The van der Waals surface area contributed by atoms with Crippen molar-refractivity contribution in [1.82, 2.24) is 9.78 Å². The molecule has 0 radical (unpaired) electrons. The number of hydrogen-bond acceptors (Lipinski definition) is 2. The lowest BCUT2D eigenvalue weighted by Gasteiger charge is -2.04. The third-order valence-corrected chi connectivity index (χ3v) is 2.10. The number of rotatable bonds is 3. The summed E-state index contributed by atoms with van der Waals surface area (Å²) >= 11 is 3.34. The fourth-order valence-corrected chi connectivity index (χ4v) is 1.18. The van der Waals surface area contributed by atoms with Crippen LogP contribution in [0, 0.1) is 0 Å². The van der Waals surface area contributed by atoms with E-state index in [2.05, 4.69) is 21.0 Å². The predicted octanol–water partition coefficient (Wildman–Crippen LogP) is 1.42. The molecule has 3 nitrogen and oxygen atoms in total. The van der Waals surface area contributed by atoms with Gasteiger partial charge in [0.2, 0.25) is 0 Å². The predicted molar refractivity (Wildman–Crippen MR) is 46.2 cm³/mol. The van der Waals surface area contributed by atoms with E-state index in [0.29, 0.717) is 0 Å². The van der Waals surface area contributed by atoms with Crippen LogP contribution in [0.4, 0.5) is 0 Å². The molecular weight excluding hydrogens is 208 g/mol. The number of aliphatic hydroxyl groups is 1. The highest BCUT2D eigenvalue weighted by Gasteiger charge is 2.00. The zero-order valence-corrected chi connectivity index (χ0v) is 7.95. The van der Waals surface area contributed by atoms with Gasteiger partial charge in [-0.3, -0.25) is 4.68 Å². The molecule has 1 unspecified atom stereocenters. The summed E-state index contributed by atoms with van der Waals surface area (Å²) < 4.78 is 2.77. The van der Waals surface area contributed by atoms with E-state index in [9.17, 15) is 0 Å². The second-order valence-electron chi connectivity index (χ2n) is 2.51. The number of aromatic nitrogens is 2. The lowest BCUT2D eigenvalue weighted by molar-refractivity contribution is 0.176. The highest BCUT2D eigenvalue weighted by Crippen LogP contribution is 2.08. The minimum Gasteiger partial charge on any atom is -0.393 e. The summed E-state index contributed by atoms with van der Waals surface area (Å²) in [7, 11) is 0. The Kier molecular flexibility index (Phi) is 3.08. The number of nitrogens with zero attached hydrogens (tertiary/aromatic N) is 2. The molecule has 0 amide bonds. The van der Waals surface area contributed by atoms with Crippen molar-refractivity contribution < 1.29 is 5.11 Å². The molecule has 0 saturated heterocycles. The second kappa shape index (κ2) is 3.88. The monoisotopic (exact) mass is 218 g/mol. The fraction of sp³-hybridized carbons (Fsp3) is 0.571. The van der Waals surface area contributed by atoms with Gasteiger partial charge in [0.05, 0.1) is 12.3 Å². The molecule has 0 spiro atoms. The average molecular weight is 219 g/mol. The molecule has 11 heavy (non-hydrogen) atoms. The SMILES string of the molecule is CC(O)CCn1nccc1Br. The first kappa shape index (κ1) is 8.74. The number of aryl methyl sites for hydroxylation is 1. The van der Waals surface area contributed by atoms with E-state index >= 15 is 0 Å². The highest BCUT2D eigenvalue weighted by atomic mass is 79.9. The van der Waals surface area contributed by atoms with E-state index in [4.69, 9.17) is 5.11 Å². The Bertz CT molecular complexity index is 222. The summed E-state index contributed by atoms with van der Waals surface area (Å²) in [5.74, 6) is 0. The summed E-state index contributed by atoms with van der Waals surface area (Å²) in [6, 6.07) is 1.88. The van der Waals surface area contributed by atoms with Gasteiger partial charge in [-0.25, -0.2) is 0 Å². The van der Waals surface area contributed by atoms with Gasteiger partial charge in [-0.2, -0.15) is 5.10 Å². The molecule has 0 fully saturated rings. The molecule has 0 saturated carbocycles. The van der Waals surface area contributed by atoms with Gasteiger partial charge in [-0.15, -0.1) is 0 Å². The molecule has 1 aromatic rings. The van der Waals surface area contributed by atoms with Crippen molar-refractivity contribution >= 4 is 15.9 Å². The van der Waals surface area contributed by atoms with Crippen molar-refractivity contribution in [2.24, 2.45) is 0 Å². The summed E-state index contributed by atoms with van der Waals surface area (Å²) in [6.07, 6.45) is 2.21. The molecule has 4 heteroatoms. The first-order chi connectivity index (χ1) is 5.20. The molecule has 0 aromatic carbocycles. The lowest BCUT2D eigenvalue weighted by Crippen LogP contribution is -2.07. The molecule has 0 aliphatic rings. The lowest BCUT2D eigenvalue weighted by atomic mass is 10.3. The normalized spacial score (nSPS) is 13.4. The minimum absolute atomic E-state index is 0.258. The van der Waals surface area contributed by atoms with Gasteiger partial charge in [0.25, 0.3) is 0 Å². The minimum atomic E-state index is -0.258. The average Bonchev–Trinajstić information content (AvgIpc) is 2.31. The van der Waals surface area contributed by atoms with Gasteiger partial charge in [0, 0.05) is 6.54 Å². The summed E-state index contributed by atoms with van der Waals surface area (Å²) in [5.41, 5.74) is 0. The number of aliphatic hydroxyl groups excluding tert-OH is 1. The smallest absolute Gasteiger partial charge is 0.104 e. The van der Waals surface area contributed by atoms with Gasteiger partial charge < -0.3 is 5.11 Å². The fourth-order valence-electron chi connectivity index (χ4n) is 0.790. The van der Waals surface area contributed by atoms with E-state index < -0.39 is 0 Å². The van der Waals surface area contributed by atoms with Crippen LogP contribution in [0.3, 0.4) is 0 Å². The Balaban J connectivity index is 2.44. The van der Waals surface area contributed by atoms with Crippen molar-refractivity contribution in [3.05, 3.63) is 16.9 Å². The largest absolute Gasteiger partial charge is 0.393 e. The van der Waals surface area contributed by atoms with Gasteiger partial charge in [-0.05, 0) is 35.3 Å². The maximum Gasteiger partial charge on any atom is 0.104 e. The second-order valence-corrected chi connectivity index (χ2v) is 3.33.